The Balaban J connectivity index is 3.15. The van der Waals surface area contributed by atoms with Gasteiger partial charge in [-0.1, -0.05) is 6.08 Å². The maximum absolute atomic E-state index is 12.9. The van der Waals surface area contributed by atoms with Gasteiger partial charge in [-0.3, -0.25) is 9.63 Å². The number of carbonyl (C=O) groups excluding carboxylic acids is 1. The molecule has 1 heterocycles. The summed E-state index contributed by atoms with van der Waals surface area (Å²) in [6.45, 7) is -0.117. The van der Waals surface area contributed by atoms with Gasteiger partial charge in [0.05, 0.1) is 12.8 Å². The molecule has 0 atom stereocenters. The van der Waals surface area contributed by atoms with Gasteiger partial charge in [0.1, 0.15) is 5.69 Å². The molecule has 23 heavy (non-hydrogen) atoms. The van der Waals surface area contributed by atoms with Crippen molar-refractivity contribution in [2.45, 2.75) is 6.18 Å². The largest absolute Gasteiger partial charge is 0.465 e. The molecule has 0 aliphatic rings. The molecular formula is C13H14F3N3O4. The lowest BCUT2D eigenvalue weighted by Crippen LogP contribution is -2.26. The molecule has 1 aromatic heterocycles. The predicted molar refractivity (Wildman–Crippen MR) is 73.4 cm³/mol. The van der Waals surface area contributed by atoms with Crippen LogP contribution in [0.1, 0.15) is 21.7 Å². The second-order valence-corrected chi connectivity index (χ2v) is 4.24. The van der Waals surface area contributed by atoms with Crippen molar-refractivity contribution in [2.24, 2.45) is 0 Å². The Morgan fingerprint density at radius 2 is 2.09 bits per heavy atom. The molecule has 0 bridgehead atoms. The number of hydroxylamine groups is 2. The molecule has 7 nitrogen and oxygen atoms in total. The number of amides is 2. The van der Waals surface area contributed by atoms with Crippen LogP contribution in [0.2, 0.25) is 0 Å². The van der Waals surface area contributed by atoms with Crippen LogP contribution in [0.3, 0.4) is 0 Å². The third-order valence-corrected chi connectivity index (χ3v) is 2.60. The molecule has 0 aliphatic heterocycles. The fourth-order valence-electron chi connectivity index (χ4n) is 1.50. The Labute approximate surface area is 129 Å². The van der Waals surface area contributed by atoms with Crippen molar-refractivity contribution in [3.05, 3.63) is 35.2 Å². The van der Waals surface area contributed by atoms with E-state index in [1.807, 2.05) is 5.32 Å². The zero-order chi connectivity index (χ0) is 17.6. The van der Waals surface area contributed by atoms with E-state index in [4.69, 9.17) is 5.11 Å². The molecule has 2 N–H and O–H groups in total. The number of nitrogens with zero attached hydrogens (tertiary/aromatic N) is 2. The molecule has 0 unspecified atom stereocenters. The number of carboxylic acid groups (broad SMARTS) is 1. The Morgan fingerprint density at radius 1 is 1.43 bits per heavy atom. The van der Waals surface area contributed by atoms with E-state index < -0.39 is 23.9 Å². The smallest absolute Gasteiger partial charge is 0.433 e. The van der Waals surface area contributed by atoms with Gasteiger partial charge in [-0.2, -0.15) is 13.2 Å². The lowest BCUT2D eigenvalue weighted by Gasteiger charge is -2.15. The maximum Gasteiger partial charge on any atom is 0.433 e. The topological polar surface area (TPSA) is 91.8 Å². The number of carbonyl (C=O) groups is 2. The quantitative estimate of drug-likeness (QED) is 0.804. The van der Waals surface area contributed by atoms with E-state index in [1.165, 1.54) is 26.3 Å². The molecular weight excluding hydrogens is 319 g/mol. The van der Waals surface area contributed by atoms with Gasteiger partial charge < -0.3 is 10.4 Å². The minimum atomic E-state index is -4.73. The van der Waals surface area contributed by atoms with Gasteiger partial charge in [0.2, 0.25) is 0 Å². The monoisotopic (exact) mass is 333 g/mol. The Morgan fingerprint density at radius 3 is 2.61 bits per heavy atom. The molecule has 0 saturated carbocycles. The standard InChI is InChI=1S/C13H14F3N3O4/c1-19(23-2)11(20)8-6-9(4-3-5-17-12(21)22)18-10(7-8)13(14,15)16/h3-4,6-7,17H,5H2,1-2H3,(H,21,22). The Kier molecular flexibility index (Phi) is 6.08. The molecule has 0 spiro atoms. The second-order valence-electron chi connectivity index (χ2n) is 4.24. The van der Waals surface area contributed by atoms with Gasteiger partial charge in [0.15, 0.2) is 0 Å². The van der Waals surface area contributed by atoms with Gasteiger partial charge in [-0.15, -0.1) is 0 Å². The molecule has 0 aliphatic carbocycles. The van der Waals surface area contributed by atoms with Gasteiger partial charge in [-0.25, -0.2) is 14.8 Å². The Bertz CT molecular complexity index is 617. The molecule has 1 aromatic rings. The summed E-state index contributed by atoms with van der Waals surface area (Å²) in [5.41, 5.74) is -1.64. The zero-order valence-corrected chi connectivity index (χ0v) is 12.2. The number of alkyl halides is 3. The minimum Gasteiger partial charge on any atom is -0.465 e. The molecule has 0 aromatic carbocycles. The molecule has 0 radical (unpaired) electrons. The predicted octanol–water partition coefficient (Wildman–Crippen LogP) is 2.01. The molecule has 2 amide bonds. The number of aromatic nitrogens is 1. The van der Waals surface area contributed by atoms with Crippen LogP contribution in [0.25, 0.3) is 6.08 Å². The zero-order valence-electron chi connectivity index (χ0n) is 12.2. The highest BCUT2D eigenvalue weighted by Gasteiger charge is 2.34. The van der Waals surface area contributed by atoms with E-state index >= 15 is 0 Å². The van der Waals surface area contributed by atoms with Gasteiger partial charge >= 0.3 is 12.3 Å². The van der Waals surface area contributed by atoms with E-state index in [9.17, 15) is 22.8 Å². The van der Waals surface area contributed by atoms with E-state index in [2.05, 4.69) is 9.82 Å². The fourth-order valence-corrected chi connectivity index (χ4v) is 1.50. The normalized spacial score (nSPS) is 11.5. The van der Waals surface area contributed by atoms with Crippen molar-refractivity contribution in [3.63, 3.8) is 0 Å². The average Bonchev–Trinajstić information content (AvgIpc) is 2.48. The highest BCUT2D eigenvalue weighted by molar-refractivity contribution is 5.94. The lowest BCUT2D eigenvalue weighted by molar-refractivity contribution is -0.141. The molecule has 0 saturated heterocycles. The number of hydrogen-bond acceptors (Lipinski definition) is 4. The second kappa shape index (κ2) is 7.58. The average molecular weight is 333 g/mol. The van der Waals surface area contributed by atoms with E-state index in [1.54, 1.807) is 0 Å². The summed E-state index contributed by atoms with van der Waals surface area (Å²) in [5, 5.41) is 11.2. The number of nitrogens with one attached hydrogen (secondary N) is 1. The first-order valence-electron chi connectivity index (χ1n) is 6.20. The number of hydrogen-bond donors (Lipinski definition) is 2. The van der Waals surface area contributed by atoms with Crippen LogP contribution in [0, 0.1) is 0 Å². The van der Waals surface area contributed by atoms with Crippen LogP contribution in [-0.4, -0.2) is 47.9 Å². The SMILES string of the molecule is CON(C)C(=O)c1cc(C=CCNC(=O)O)nc(C(F)(F)F)c1. The summed E-state index contributed by atoms with van der Waals surface area (Å²) in [4.78, 5) is 30.2. The van der Waals surface area contributed by atoms with Crippen molar-refractivity contribution >= 4 is 18.1 Å². The summed E-state index contributed by atoms with van der Waals surface area (Å²) >= 11 is 0. The van der Waals surface area contributed by atoms with Crippen LogP contribution < -0.4 is 5.32 Å². The first-order chi connectivity index (χ1) is 10.6. The third kappa shape index (κ3) is 5.58. The minimum absolute atomic E-state index is 0.117. The van der Waals surface area contributed by atoms with Crippen molar-refractivity contribution in [1.82, 2.24) is 15.4 Å². The highest BCUT2D eigenvalue weighted by atomic mass is 19.4. The van der Waals surface area contributed by atoms with Crippen LogP contribution in [-0.2, 0) is 11.0 Å². The first-order valence-corrected chi connectivity index (χ1v) is 6.20. The molecule has 10 heteroatoms. The van der Waals surface area contributed by atoms with E-state index in [0.29, 0.717) is 6.07 Å². The summed E-state index contributed by atoms with van der Waals surface area (Å²) in [6.07, 6.45) is -3.56. The fraction of sp³-hybridized carbons (Fsp3) is 0.308. The van der Waals surface area contributed by atoms with E-state index in [0.717, 1.165) is 11.1 Å². The Hall–Kier alpha value is -2.62. The van der Waals surface area contributed by atoms with Crippen molar-refractivity contribution in [3.8, 4) is 0 Å². The van der Waals surface area contributed by atoms with Crippen molar-refractivity contribution < 1.29 is 32.7 Å². The van der Waals surface area contributed by atoms with Crippen LogP contribution in [0.5, 0.6) is 0 Å². The first kappa shape index (κ1) is 18.4. The van der Waals surface area contributed by atoms with Gasteiger partial charge in [-0.05, 0) is 18.2 Å². The van der Waals surface area contributed by atoms with Crippen molar-refractivity contribution in [1.29, 1.82) is 0 Å². The van der Waals surface area contributed by atoms with Crippen LogP contribution in [0.15, 0.2) is 18.2 Å². The van der Waals surface area contributed by atoms with Gasteiger partial charge in [0.25, 0.3) is 5.91 Å². The summed E-state index contributed by atoms with van der Waals surface area (Å²) in [5.74, 6) is -0.779. The highest BCUT2D eigenvalue weighted by Crippen LogP contribution is 2.29. The van der Waals surface area contributed by atoms with Crippen LogP contribution in [0.4, 0.5) is 18.0 Å². The lowest BCUT2D eigenvalue weighted by atomic mass is 10.1. The van der Waals surface area contributed by atoms with E-state index in [-0.39, 0.29) is 17.8 Å². The maximum atomic E-state index is 12.9. The summed E-state index contributed by atoms with van der Waals surface area (Å²) in [7, 11) is 2.45. The molecule has 0 fully saturated rings. The summed E-state index contributed by atoms with van der Waals surface area (Å²) in [6, 6.07) is 1.76. The molecule has 126 valence electrons. The van der Waals surface area contributed by atoms with Crippen molar-refractivity contribution in [2.75, 3.05) is 20.7 Å². The number of rotatable bonds is 5. The number of halogens is 3. The molecule has 1 rings (SSSR count). The van der Waals surface area contributed by atoms with Crippen LogP contribution >= 0.6 is 0 Å². The number of pyridine rings is 1. The summed E-state index contributed by atoms with van der Waals surface area (Å²) < 4.78 is 38.6. The van der Waals surface area contributed by atoms with Gasteiger partial charge in [0, 0.05) is 19.2 Å². The third-order valence-electron chi connectivity index (χ3n) is 2.60.